The van der Waals surface area contributed by atoms with Crippen LogP contribution < -0.4 is 10.6 Å². The third-order valence-corrected chi connectivity index (χ3v) is 2.20. The molecule has 0 bridgehead atoms. The fraction of sp³-hybridized carbons (Fsp3) is 0.545. The fourth-order valence-corrected chi connectivity index (χ4v) is 1.35. The van der Waals surface area contributed by atoms with Gasteiger partial charge in [-0.05, 0) is 7.05 Å². The summed E-state index contributed by atoms with van der Waals surface area (Å²) in [7, 11) is 1.89. The number of likely N-dealkylation sites (N-methyl/N-ethyl adjacent to an activating group) is 1. The molecule has 0 atom stereocenters. The van der Waals surface area contributed by atoms with Crippen LogP contribution in [0.15, 0.2) is 12.5 Å². The second kappa shape index (κ2) is 7.41. The molecule has 0 aliphatic carbocycles. The number of carbonyl (C=O) groups excluding carboxylic acids is 1. The molecule has 0 aliphatic rings. The highest BCUT2D eigenvalue weighted by Gasteiger charge is 2.03. The fourth-order valence-electron chi connectivity index (χ4n) is 1.35. The highest BCUT2D eigenvalue weighted by Crippen LogP contribution is 1.96. The summed E-state index contributed by atoms with van der Waals surface area (Å²) in [5, 5.41) is 14.0. The monoisotopic (exact) mass is 235 g/mol. The normalized spacial score (nSPS) is 9.88. The van der Waals surface area contributed by atoms with Gasteiger partial charge < -0.3 is 15.2 Å². The predicted octanol–water partition coefficient (Wildman–Crippen LogP) is -0.325. The minimum absolute atomic E-state index is 0.0992. The quantitative estimate of drug-likeness (QED) is 0.634. The average Bonchev–Trinajstić information content (AvgIpc) is 2.74. The van der Waals surface area contributed by atoms with Crippen molar-refractivity contribution in [1.29, 1.82) is 5.26 Å². The van der Waals surface area contributed by atoms with Crippen molar-refractivity contribution in [2.75, 3.05) is 20.1 Å². The molecule has 0 aliphatic heterocycles. The topological polar surface area (TPSA) is 82.7 Å². The van der Waals surface area contributed by atoms with E-state index in [0.717, 1.165) is 18.7 Å². The van der Waals surface area contributed by atoms with Gasteiger partial charge in [0.05, 0.1) is 24.5 Å². The zero-order valence-corrected chi connectivity index (χ0v) is 9.94. The first kappa shape index (κ1) is 13.2. The van der Waals surface area contributed by atoms with E-state index in [1.54, 1.807) is 10.9 Å². The maximum absolute atomic E-state index is 11.4. The maximum atomic E-state index is 11.4. The molecule has 17 heavy (non-hydrogen) atoms. The number of imidazole rings is 1. The van der Waals surface area contributed by atoms with Crippen molar-refractivity contribution >= 4 is 5.91 Å². The van der Waals surface area contributed by atoms with Crippen molar-refractivity contribution in [3.63, 3.8) is 0 Å². The number of hydrogen-bond acceptors (Lipinski definition) is 4. The number of carbonyl (C=O) groups is 1. The molecule has 2 N–H and O–H groups in total. The molecule has 1 rings (SSSR count). The lowest BCUT2D eigenvalue weighted by molar-refractivity contribution is -0.121. The van der Waals surface area contributed by atoms with Crippen molar-refractivity contribution < 1.29 is 4.79 Å². The van der Waals surface area contributed by atoms with E-state index >= 15 is 0 Å². The number of rotatable bonds is 7. The Morgan fingerprint density at radius 2 is 2.41 bits per heavy atom. The first-order chi connectivity index (χ1) is 8.26. The van der Waals surface area contributed by atoms with E-state index in [1.807, 2.05) is 19.3 Å². The lowest BCUT2D eigenvalue weighted by Gasteiger charge is -2.02. The van der Waals surface area contributed by atoms with Gasteiger partial charge in [0, 0.05) is 25.7 Å². The van der Waals surface area contributed by atoms with Gasteiger partial charge in [0.25, 0.3) is 0 Å². The lowest BCUT2D eigenvalue weighted by Crippen LogP contribution is -2.27. The molecule has 6 nitrogen and oxygen atoms in total. The summed E-state index contributed by atoms with van der Waals surface area (Å²) in [6, 6.07) is 1.97. The van der Waals surface area contributed by atoms with E-state index in [-0.39, 0.29) is 12.5 Å². The van der Waals surface area contributed by atoms with Crippen LogP contribution in [0.3, 0.4) is 0 Å². The van der Waals surface area contributed by atoms with E-state index in [0.29, 0.717) is 13.0 Å². The Kier molecular flexibility index (Phi) is 5.75. The Balaban J connectivity index is 2.33. The Labute approximate surface area is 101 Å². The molecule has 0 spiro atoms. The number of amides is 1. The number of aromatic nitrogens is 2. The molecule has 0 fully saturated rings. The van der Waals surface area contributed by atoms with Crippen LogP contribution in [-0.4, -0.2) is 35.6 Å². The Morgan fingerprint density at radius 3 is 3.12 bits per heavy atom. The van der Waals surface area contributed by atoms with Gasteiger partial charge in [0.1, 0.15) is 6.54 Å². The molecule has 1 aromatic heterocycles. The summed E-state index contributed by atoms with van der Waals surface area (Å²) < 4.78 is 1.74. The first-order valence-corrected chi connectivity index (χ1v) is 5.55. The van der Waals surface area contributed by atoms with Gasteiger partial charge in [-0.15, -0.1) is 0 Å². The average molecular weight is 235 g/mol. The molecule has 0 saturated heterocycles. The van der Waals surface area contributed by atoms with Gasteiger partial charge in [-0.1, -0.05) is 0 Å². The van der Waals surface area contributed by atoms with E-state index in [2.05, 4.69) is 15.6 Å². The van der Waals surface area contributed by atoms with Crippen molar-refractivity contribution in [2.45, 2.75) is 19.4 Å². The molecule has 0 radical (unpaired) electrons. The molecule has 0 unspecified atom stereocenters. The molecule has 1 amide bonds. The molecule has 0 saturated carbocycles. The summed E-state index contributed by atoms with van der Waals surface area (Å²) in [4.78, 5) is 15.6. The van der Waals surface area contributed by atoms with Crippen LogP contribution in [0.25, 0.3) is 0 Å². The van der Waals surface area contributed by atoms with E-state index in [4.69, 9.17) is 5.26 Å². The van der Waals surface area contributed by atoms with Gasteiger partial charge in [0.15, 0.2) is 0 Å². The van der Waals surface area contributed by atoms with Crippen LogP contribution >= 0.6 is 0 Å². The lowest BCUT2D eigenvalue weighted by atomic mass is 10.3. The Morgan fingerprint density at radius 1 is 1.59 bits per heavy atom. The third kappa shape index (κ3) is 5.13. The van der Waals surface area contributed by atoms with Crippen molar-refractivity contribution in [3.8, 4) is 6.07 Å². The number of nitrogens with zero attached hydrogens (tertiary/aromatic N) is 3. The van der Waals surface area contributed by atoms with E-state index in [1.165, 1.54) is 0 Å². The molecular weight excluding hydrogens is 218 g/mol. The molecule has 1 aromatic rings. The minimum atomic E-state index is -0.0992. The van der Waals surface area contributed by atoms with Crippen LogP contribution in [-0.2, 0) is 17.8 Å². The van der Waals surface area contributed by atoms with E-state index < -0.39 is 0 Å². The standard InChI is InChI=1S/C11H17N5O/c1-13-6-3-10-7-16(9-15-10)8-11(17)14-5-2-4-12/h7,9,13H,2-3,5-6,8H2,1H3,(H,14,17). The largest absolute Gasteiger partial charge is 0.354 e. The Bertz CT molecular complexity index is 393. The molecular formula is C11H17N5O. The summed E-state index contributed by atoms with van der Waals surface area (Å²) in [6.07, 6.45) is 4.69. The van der Waals surface area contributed by atoms with Crippen LogP contribution in [0.1, 0.15) is 12.1 Å². The second-order valence-corrected chi connectivity index (χ2v) is 3.65. The van der Waals surface area contributed by atoms with Gasteiger partial charge in [-0.25, -0.2) is 4.98 Å². The summed E-state index contributed by atoms with van der Waals surface area (Å²) >= 11 is 0. The van der Waals surface area contributed by atoms with E-state index in [9.17, 15) is 4.79 Å². The highest BCUT2D eigenvalue weighted by atomic mass is 16.1. The second-order valence-electron chi connectivity index (χ2n) is 3.65. The first-order valence-electron chi connectivity index (χ1n) is 5.55. The van der Waals surface area contributed by atoms with Crippen LogP contribution in [0.4, 0.5) is 0 Å². The van der Waals surface area contributed by atoms with Gasteiger partial charge >= 0.3 is 0 Å². The van der Waals surface area contributed by atoms with Crippen LogP contribution in [0, 0.1) is 11.3 Å². The smallest absolute Gasteiger partial charge is 0.240 e. The molecule has 1 heterocycles. The number of nitrogens with one attached hydrogen (secondary N) is 2. The molecule has 92 valence electrons. The summed E-state index contributed by atoms with van der Waals surface area (Å²) in [5.74, 6) is -0.0992. The SMILES string of the molecule is CNCCc1cn(CC(=O)NCCC#N)cn1. The van der Waals surface area contributed by atoms with Crippen LogP contribution in [0.2, 0.25) is 0 Å². The summed E-state index contributed by atoms with van der Waals surface area (Å²) in [6.45, 7) is 1.51. The minimum Gasteiger partial charge on any atom is -0.354 e. The zero-order chi connectivity index (χ0) is 12.5. The van der Waals surface area contributed by atoms with Crippen molar-refractivity contribution in [2.24, 2.45) is 0 Å². The van der Waals surface area contributed by atoms with Crippen LogP contribution in [0.5, 0.6) is 0 Å². The van der Waals surface area contributed by atoms with Crippen molar-refractivity contribution in [1.82, 2.24) is 20.2 Å². The van der Waals surface area contributed by atoms with Gasteiger partial charge in [-0.3, -0.25) is 4.79 Å². The van der Waals surface area contributed by atoms with Gasteiger partial charge in [-0.2, -0.15) is 5.26 Å². The molecule has 6 heteroatoms. The molecule has 0 aromatic carbocycles. The number of nitriles is 1. The highest BCUT2D eigenvalue weighted by molar-refractivity contribution is 5.75. The Hall–Kier alpha value is -1.87. The third-order valence-electron chi connectivity index (χ3n) is 2.20. The maximum Gasteiger partial charge on any atom is 0.240 e. The predicted molar refractivity (Wildman–Crippen MR) is 63.1 cm³/mol. The van der Waals surface area contributed by atoms with Crippen molar-refractivity contribution in [3.05, 3.63) is 18.2 Å². The zero-order valence-electron chi connectivity index (χ0n) is 9.94. The summed E-state index contributed by atoms with van der Waals surface area (Å²) in [5.41, 5.74) is 0.962. The number of hydrogen-bond donors (Lipinski definition) is 2. The van der Waals surface area contributed by atoms with Gasteiger partial charge in [0.2, 0.25) is 5.91 Å².